The van der Waals surface area contributed by atoms with Gasteiger partial charge in [-0.25, -0.2) is 4.79 Å². The fraction of sp³-hybridized carbons (Fsp3) is 0.429. The van der Waals surface area contributed by atoms with E-state index in [1.807, 2.05) is 24.3 Å². The summed E-state index contributed by atoms with van der Waals surface area (Å²) in [5.74, 6) is -0.546. The Morgan fingerprint density at radius 3 is 2.53 bits per heavy atom. The van der Waals surface area contributed by atoms with E-state index in [-0.39, 0.29) is 0 Å². The molecule has 2 N–H and O–H groups in total. The first-order valence-corrected chi connectivity index (χ1v) is 6.16. The fourth-order valence-corrected chi connectivity index (χ4v) is 2.19. The molecule has 2 rings (SSSR count). The molecule has 0 saturated heterocycles. The summed E-state index contributed by atoms with van der Waals surface area (Å²) in [5, 5.41) is 0. The second-order valence-corrected chi connectivity index (χ2v) is 5.61. The number of carbonyl (C=O) groups excluding carboxylic acids is 2. The van der Waals surface area contributed by atoms with Gasteiger partial charge in [-0.05, 0) is 31.9 Å². The van der Waals surface area contributed by atoms with E-state index >= 15 is 0 Å². The zero-order chi connectivity index (χ0) is 14.2. The van der Waals surface area contributed by atoms with Crippen molar-refractivity contribution in [1.29, 1.82) is 0 Å². The molecule has 19 heavy (non-hydrogen) atoms. The van der Waals surface area contributed by atoms with Crippen molar-refractivity contribution in [2.75, 3.05) is 0 Å². The van der Waals surface area contributed by atoms with Crippen LogP contribution < -0.4 is 5.73 Å². The summed E-state index contributed by atoms with van der Waals surface area (Å²) < 4.78 is 5.31. The molecule has 1 aliphatic rings. The summed E-state index contributed by atoms with van der Waals surface area (Å²) in [7, 11) is 0. The monoisotopic (exact) mass is 262 g/mol. The molecule has 0 saturated carbocycles. The van der Waals surface area contributed by atoms with Gasteiger partial charge in [0.1, 0.15) is 11.6 Å². The number of benzene rings is 1. The number of primary amides is 1. The van der Waals surface area contributed by atoms with Crippen LogP contribution in [0.25, 0.3) is 0 Å². The number of hydrogen-bond donors (Lipinski definition) is 1. The molecule has 1 aliphatic heterocycles. The lowest BCUT2D eigenvalue weighted by atomic mass is 10.0. The normalized spacial score (nSPS) is 18.1. The average molecular weight is 262 g/mol. The number of rotatable bonds is 1. The highest BCUT2D eigenvalue weighted by molar-refractivity contribution is 5.87. The first kappa shape index (κ1) is 13.4. The van der Waals surface area contributed by atoms with E-state index in [1.165, 1.54) is 4.90 Å². The van der Waals surface area contributed by atoms with Gasteiger partial charge < -0.3 is 10.5 Å². The maximum Gasteiger partial charge on any atom is 0.411 e. The molecule has 1 aromatic rings. The van der Waals surface area contributed by atoms with Crippen LogP contribution in [0.5, 0.6) is 0 Å². The first-order chi connectivity index (χ1) is 8.79. The quantitative estimate of drug-likeness (QED) is 0.840. The predicted molar refractivity (Wildman–Crippen MR) is 70.2 cm³/mol. The van der Waals surface area contributed by atoms with Crippen molar-refractivity contribution in [3.63, 3.8) is 0 Å². The highest BCUT2D eigenvalue weighted by Crippen LogP contribution is 2.34. The van der Waals surface area contributed by atoms with Crippen LogP contribution in [-0.4, -0.2) is 22.5 Å². The van der Waals surface area contributed by atoms with Crippen LogP contribution in [0.2, 0.25) is 0 Å². The van der Waals surface area contributed by atoms with Crippen molar-refractivity contribution in [3.8, 4) is 0 Å². The fourth-order valence-electron chi connectivity index (χ4n) is 2.19. The molecule has 1 unspecified atom stereocenters. The van der Waals surface area contributed by atoms with Crippen molar-refractivity contribution in [1.82, 2.24) is 4.90 Å². The van der Waals surface area contributed by atoms with Gasteiger partial charge in [0.2, 0.25) is 5.91 Å². The summed E-state index contributed by atoms with van der Waals surface area (Å²) in [5.41, 5.74) is 6.52. The van der Waals surface area contributed by atoms with Gasteiger partial charge in [0.05, 0.1) is 6.54 Å². The van der Waals surface area contributed by atoms with Gasteiger partial charge in [-0.15, -0.1) is 0 Å². The Morgan fingerprint density at radius 2 is 1.95 bits per heavy atom. The molecule has 5 heteroatoms. The minimum Gasteiger partial charge on any atom is -0.444 e. The molecule has 0 aliphatic carbocycles. The Morgan fingerprint density at radius 1 is 1.32 bits per heavy atom. The van der Waals surface area contributed by atoms with Crippen LogP contribution in [0.3, 0.4) is 0 Å². The molecule has 0 spiro atoms. The van der Waals surface area contributed by atoms with Crippen LogP contribution >= 0.6 is 0 Å². The molecule has 1 aromatic carbocycles. The number of nitrogens with zero attached hydrogens (tertiary/aromatic N) is 1. The molecule has 102 valence electrons. The van der Waals surface area contributed by atoms with Crippen LogP contribution in [0.1, 0.15) is 37.9 Å². The van der Waals surface area contributed by atoms with E-state index in [1.54, 1.807) is 20.8 Å². The molecule has 0 bridgehead atoms. The van der Waals surface area contributed by atoms with Crippen molar-refractivity contribution in [2.24, 2.45) is 5.73 Å². The average Bonchev–Trinajstić information content (AvgIpc) is 2.65. The van der Waals surface area contributed by atoms with Crippen LogP contribution in [0.15, 0.2) is 24.3 Å². The smallest absolute Gasteiger partial charge is 0.411 e. The van der Waals surface area contributed by atoms with Crippen LogP contribution in [0, 0.1) is 0 Å². The van der Waals surface area contributed by atoms with Gasteiger partial charge in [-0.1, -0.05) is 24.3 Å². The molecular weight excluding hydrogens is 244 g/mol. The zero-order valence-electron chi connectivity index (χ0n) is 11.3. The Balaban J connectivity index is 2.29. The van der Waals surface area contributed by atoms with Gasteiger partial charge in [0.15, 0.2) is 0 Å². The Hall–Kier alpha value is -2.04. The summed E-state index contributed by atoms with van der Waals surface area (Å²) in [4.78, 5) is 25.1. The Labute approximate surface area is 112 Å². The second kappa shape index (κ2) is 4.57. The summed E-state index contributed by atoms with van der Waals surface area (Å²) >= 11 is 0. The summed E-state index contributed by atoms with van der Waals surface area (Å²) in [6.07, 6.45) is -0.521. The molecule has 0 aromatic heterocycles. The molecular formula is C14H18N2O3. The van der Waals surface area contributed by atoms with E-state index in [9.17, 15) is 9.59 Å². The molecule has 1 atom stereocenters. The minimum atomic E-state index is -0.744. The summed E-state index contributed by atoms with van der Waals surface area (Å²) in [6.45, 7) is 5.70. The lowest BCUT2D eigenvalue weighted by Crippen LogP contribution is -2.40. The third-order valence-electron chi connectivity index (χ3n) is 2.90. The van der Waals surface area contributed by atoms with Crippen molar-refractivity contribution in [2.45, 2.75) is 39.0 Å². The Bertz CT molecular complexity index is 520. The van der Waals surface area contributed by atoms with E-state index in [0.717, 1.165) is 11.1 Å². The maximum atomic E-state index is 12.1. The maximum absolute atomic E-state index is 12.1. The lowest BCUT2D eigenvalue weighted by Gasteiger charge is -2.27. The number of ether oxygens (including phenoxy) is 1. The second-order valence-electron chi connectivity index (χ2n) is 5.61. The van der Waals surface area contributed by atoms with Gasteiger partial charge in [0, 0.05) is 0 Å². The summed E-state index contributed by atoms with van der Waals surface area (Å²) in [6, 6.07) is 6.65. The largest absolute Gasteiger partial charge is 0.444 e. The third-order valence-corrected chi connectivity index (χ3v) is 2.90. The van der Waals surface area contributed by atoms with Crippen molar-refractivity contribution < 1.29 is 14.3 Å². The molecule has 0 fully saturated rings. The van der Waals surface area contributed by atoms with E-state index in [2.05, 4.69) is 0 Å². The number of hydrogen-bond acceptors (Lipinski definition) is 3. The van der Waals surface area contributed by atoms with Crippen LogP contribution in [0.4, 0.5) is 4.79 Å². The topological polar surface area (TPSA) is 72.6 Å². The minimum absolute atomic E-state index is 0.346. The van der Waals surface area contributed by atoms with E-state index in [4.69, 9.17) is 10.5 Å². The molecule has 5 nitrogen and oxygen atoms in total. The van der Waals surface area contributed by atoms with E-state index in [0.29, 0.717) is 6.54 Å². The number of amides is 2. The highest BCUT2D eigenvalue weighted by Gasteiger charge is 2.39. The lowest BCUT2D eigenvalue weighted by molar-refractivity contribution is -0.123. The number of carbonyl (C=O) groups is 2. The standard InChI is InChI=1S/C14H18N2O3/c1-14(2,3)19-13(18)16-8-9-6-4-5-7-10(9)11(16)12(15)17/h4-7,11H,8H2,1-3H3,(H2,15,17). The predicted octanol–water partition coefficient (Wildman–Crippen LogP) is 1.96. The third kappa shape index (κ3) is 2.70. The van der Waals surface area contributed by atoms with Gasteiger partial charge in [0.25, 0.3) is 0 Å². The number of nitrogens with two attached hydrogens (primary N) is 1. The van der Waals surface area contributed by atoms with Crippen molar-refractivity contribution >= 4 is 12.0 Å². The zero-order valence-corrected chi connectivity index (χ0v) is 11.3. The first-order valence-electron chi connectivity index (χ1n) is 6.16. The molecule has 2 amide bonds. The van der Waals surface area contributed by atoms with Gasteiger partial charge >= 0.3 is 6.09 Å². The van der Waals surface area contributed by atoms with E-state index < -0.39 is 23.6 Å². The van der Waals surface area contributed by atoms with Crippen LogP contribution in [-0.2, 0) is 16.1 Å². The molecule has 1 heterocycles. The van der Waals surface area contributed by atoms with Gasteiger partial charge in [-0.3, -0.25) is 9.69 Å². The van der Waals surface area contributed by atoms with Crippen molar-refractivity contribution in [3.05, 3.63) is 35.4 Å². The number of fused-ring (bicyclic) bond motifs is 1. The highest BCUT2D eigenvalue weighted by atomic mass is 16.6. The Kier molecular flexibility index (Phi) is 3.22. The molecule has 0 radical (unpaired) electrons. The SMILES string of the molecule is CC(C)(C)OC(=O)N1Cc2ccccc2C1C(N)=O. The van der Waals surface area contributed by atoms with Gasteiger partial charge in [-0.2, -0.15) is 0 Å².